The number of aliphatic carboxylic acids is 1. The van der Waals surface area contributed by atoms with Crippen molar-refractivity contribution >= 4 is 12.1 Å². The summed E-state index contributed by atoms with van der Waals surface area (Å²) < 4.78 is 15.7. The van der Waals surface area contributed by atoms with E-state index in [-0.39, 0.29) is 13.0 Å². The molecule has 2 unspecified atom stereocenters. The van der Waals surface area contributed by atoms with Crippen LogP contribution in [0.3, 0.4) is 0 Å². The Morgan fingerprint density at radius 2 is 2.13 bits per heavy atom. The number of methoxy groups -OCH3 is 1. The molecule has 0 bridgehead atoms. The zero-order valence-corrected chi connectivity index (χ0v) is 13.0. The van der Waals surface area contributed by atoms with Gasteiger partial charge in [0.1, 0.15) is 12.6 Å². The lowest BCUT2D eigenvalue weighted by Crippen LogP contribution is -2.48. The Bertz CT molecular complexity index is 527. The van der Waals surface area contributed by atoms with Crippen molar-refractivity contribution in [1.29, 1.82) is 0 Å². The zero-order chi connectivity index (χ0) is 16.7. The van der Waals surface area contributed by atoms with Gasteiger partial charge in [-0.2, -0.15) is 0 Å². The summed E-state index contributed by atoms with van der Waals surface area (Å²) >= 11 is 0. The molecule has 2 atom stereocenters. The van der Waals surface area contributed by atoms with Crippen LogP contribution >= 0.6 is 0 Å². The number of hydrogen-bond acceptors (Lipinski definition) is 5. The molecule has 0 aromatic heterocycles. The molecule has 1 aliphatic rings. The molecule has 1 aromatic rings. The summed E-state index contributed by atoms with van der Waals surface area (Å²) in [4.78, 5) is 23.2. The van der Waals surface area contributed by atoms with Crippen molar-refractivity contribution in [3.05, 3.63) is 35.9 Å². The van der Waals surface area contributed by atoms with E-state index in [4.69, 9.17) is 14.2 Å². The number of carboxylic acid groups (broad SMARTS) is 1. The Balaban J connectivity index is 1.88. The molecule has 7 heteroatoms. The van der Waals surface area contributed by atoms with Crippen LogP contribution in [0, 0.1) is 0 Å². The highest BCUT2D eigenvalue weighted by atomic mass is 16.6. The lowest BCUT2D eigenvalue weighted by Gasteiger charge is -2.28. The number of hydrogen-bond donors (Lipinski definition) is 2. The van der Waals surface area contributed by atoms with Gasteiger partial charge in [-0.3, -0.25) is 0 Å². The molecule has 1 aromatic carbocycles. The average molecular weight is 323 g/mol. The van der Waals surface area contributed by atoms with Crippen LogP contribution < -0.4 is 5.32 Å². The van der Waals surface area contributed by atoms with Crippen LogP contribution in [0.4, 0.5) is 4.79 Å². The van der Waals surface area contributed by atoms with Gasteiger partial charge in [-0.1, -0.05) is 30.3 Å². The minimum atomic E-state index is -1.13. The number of carbonyl (C=O) groups excluding carboxylic acids is 1. The predicted molar refractivity (Wildman–Crippen MR) is 81.0 cm³/mol. The number of benzene rings is 1. The maximum Gasteiger partial charge on any atom is 0.408 e. The van der Waals surface area contributed by atoms with Gasteiger partial charge in [-0.25, -0.2) is 9.59 Å². The Labute approximate surface area is 134 Å². The molecule has 1 saturated heterocycles. The van der Waals surface area contributed by atoms with Gasteiger partial charge in [-0.15, -0.1) is 0 Å². The molecular weight excluding hydrogens is 302 g/mol. The van der Waals surface area contributed by atoms with Crippen LogP contribution in [-0.4, -0.2) is 49.1 Å². The van der Waals surface area contributed by atoms with Gasteiger partial charge in [0.25, 0.3) is 0 Å². The first-order chi connectivity index (χ1) is 11.0. The van der Waals surface area contributed by atoms with Gasteiger partial charge in [0, 0.05) is 26.6 Å². The maximum atomic E-state index is 11.8. The smallest absolute Gasteiger partial charge is 0.408 e. The lowest BCUT2D eigenvalue weighted by atomic mass is 9.93. The molecule has 1 amide bonds. The molecule has 0 saturated carbocycles. The summed E-state index contributed by atoms with van der Waals surface area (Å²) in [6.45, 7) is 0.907. The first-order valence-corrected chi connectivity index (χ1v) is 7.37. The van der Waals surface area contributed by atoms with E-state index >= 15 is 0 Å². The summed E-state index contributed by atoms with van der Waals surface area (Å²) in [6, 6.07) is 8.06. The van der Waals surface area contributed by atoms with E-state index in [1.54, 1.807) is 0 Å². The van der Waals surface area contributed by atoms with E-state index in [2.05, 4.69) is 5.32 Å². The minimum absolute atomic E-state index is 0.0809. The monoisotopic (exact) mass is 323 g/mol. The Morgan fingerprint density at radius 1 is 1.39 bits per heavy atom. The van der Waals surface area contributed by atoms with Crippen molar-refractivity contribution < 1.29 is 28.9 Å². The summed E-state index contributed by atoms with van der Waals surface area (Å²) in [5.74, 6) is -1.13. The normalized spacial score (nSPS) is 21.6. The number of rotatable bonds is 7. The molecule has 1 fully saturated rings. The van der Waals surface area contributed by atoms with Crippen LogP contribution in [0.15, 0.2) is 30.3 Å². The van der Waals surface area contributed by atoms with Gasteiger partial charge in [-0.05, 0) is 5.56 Å². The topological polar surface area (TPSA) is 94.1 Å². The van der Waals surface area contributed by atoms with Gasteiger partial charge in [0.2, 0.25) is 0 Å². The second-order valence-corrected chi connectivity index (χ2v) is 5.49. The highest BCUT2D eigenvalue weighted by Crippen LogP contribution is 2.27. The van der Waals surface area contributed by atoms with Gasteiger partial charge in [0.15, 0.2) is 0 Å². The predicted octanol–water partition coefficient (Wildman–Crippen LogP) is 1.56. The van der Waals surface area contributed by atoms with Crippen LogP contribution in [-0.2, 0) is 25.6 Å². The summed E-state index contributed by atoms with van der Waals surface area (Å²) in [5.41, 5.74) is 0.141. The fourth-order valence-corrected chi connectivity index (χ4v) is 2.47. The highest BCUT2D eigenvalue weighted by Gasteiger charge is 2.40. The molecule has 2 N–H and O–H groups in total. The molecule has 0 radical (unpaired) electrons. The largest absolute Gasteiger partial charge is 0.480 e. The Hall–Kier alpha value is -2.12. The van der Waals surface area contributed by atoms with Crippen LogP contribution in [0.5, 0.6) is 0 Å². The zero-order valence-electron chi connectivity index (χ0n) is 13.0. The Morgan fingerprint density at radius 3 is 2.70 bits per heavy atom. The number of amides is 1. The Kier molecular flexibility index (Phi) is 5.95. The lowest BCUT2D eigenvalue weighted by molar-refractivity contribution is -0.141. The van der Waals surface area contributed by atoms with E-state index in [1.165, 1.54) is 7.11 Å². The average Bonchev–Trinajstić information content (AvgIpc) is 3.02. The van der Waals surface area contributed by atoms with Crippen molar-refractivity contribution in [1.82, 2.24) is 5.32 Å². The van der Waals surface area contributed by atoms with Crippen molar-refractivity contribution in [3.8, 4) is 0 Å². The molecule has 1 heterocycles. The molecule has 1 aliphatic heterocycles. The third-order valence-electron chi connectivity index (χ3n) is 3.88. The number of ether oxygens (including phenoxy) is 3. The fourth-order valence-electron chi connectivity index (χ4n) is 2.47. The summed E-state index contributed by atoms with van der Waals surface area (Å²) in [6.07, 6.45) is -0.0563. The van der Waals surface area contributed by atoms with E-state index in [0.29, 0.717) is 19.6 Å². The standard InChI is InChI=1S/C16H21NO6/c1-21-16(7-8-22-11-16)9-13(14(18)19)17-15(20)23-10-12-5-3-2-4-6-12/h2-6,13H,7-11H2,1H3,(H,17,20)(H,18,19). The van der Waals surface area contributed by atoms with Gasteiger partial charge < -0.3 is 24.6 Å². The first kappa shape index (κ1) is 17.2. The second-order valence-electron chi connectivity index (χ2n) is 5.49. The molecule has 0 aliphatic carbocycles. The molecule has 126 valence electrons. The first-order valence-electron chi connectivity index (χ1n) is 7.37. The second kappa shape index (κ2) is 7.94. The molecule has 7 nitrogen and oxygen atoms in total. The summed E-state index contributed by atoms with van der Waals surface area (Å²) in [7, 11) is 1.52. The minimum Gasteiger partial charge on any atom is -0.480 e. The number of nitrogens with one attached hydrogen (secondary N) is 1. The van der Waals surface area contributed by atoms with E-state index in [1.807, 2.05) is 30.3 Å². The van der Waals surface area contributed by atoms with Crippen LogP contribution in [0.2, 0.25) is 0 Å². The van der Waals surface area contributed by atoms with Crippen molar-refractivity contribution in [2.24, 2.45) is 0 Å². The number of carboxylic acids is 1. The quantitative estimate of drug-likeness (QED) is 0.791. The third-order valence-corrected chi connectivity index (χ3v) is 3.88. The highest BCUT2D eigenvalue weighted by molar-refractivity contribution is 5.80. The fraction of sp³-hybridized carbons (Fsp3) is 0.500. The number of carbonyl (C=O) groups is 2. The summed E-state index contributed by atoms with van der Waals surface area (Å²) in [5, 5.41) is 11.7. The van der Waals surface area contributed by atoms with E-state index < -0.39 is 23.7 Å². The van der Waals surface area contributed by atoms with Crippen LogP contribution in [0.1, 0.15) is 18.4 Å². The third kappa shape index (κ3) is 4.94. The van der Waals surface area contributed by atoms with Gasteiger partial charge in [0.05, 0.1) is 12.2 Å². The van der Waals surface area contributed by atoms with Crippen molar-refractivity contribution in [2.45, 2.75) is 31.1 Å². The molecule has 23 heavy (non-hydrogen) atoms. The molecule has 2 rings (SSSR count). The van der Waals surface area contributed by atoms with E-state index in [9.17, 15) is 14.7 Å². The van der Waals surface area contributed by atoms with Crippen molar-refractivity contribution in [3.63, 3.8) is 0 Å². The van der Waals surface area contributed by atoms with Crippen LogP contribution in [0.25, 0.3) is 0 Å². The number of alkyl carbamates (subject to hydrolysis) is 1. The van der Waals surface area contributed by atoms with E-state index in [0.717, 1.165) is 5.56 Å². The maximum absolute atomic E-state index is 11.8. The van der Waals surface area contributed by atoms with Crippen molar-refractivity contribution in [2.75, 3.05) is 20.3 Å². The molecule has 0 spiro atoms. The SMILES string of the molecule is COC1(CC(NC(=O)OCc2ccccc2)C(=O)O)CCOC1. The van der Waals surface area contributed by atoms with Gasteiger partial charge >= 0.3 is 12.1 Å². The molecular formula is C16H21NO6.